The molecule has 0 aliphatic carbocycles. The Morgan fingerprint density at radius 2 is 2.35 bits per heavy atom. The van der Waals surface area contributed by atoms with E-state index in [2.05, 4.69) is 15.5 Å². The van der Waals surface area contributed by atoms with Crippen molar-refractivity contribution in [3.8, 4) is 0 Å². The van der Waals surface area contributed by atoms with E-state index in [1.165, 1.54) is 0 Å². The molecule has 17 heavy (non-hydrogen) atoms. The zero-order chi connectivity index (χ0) is 11.2. The predicted octanol–water partition coefficient (Wildman–Crippen LogP) is 0.906. The fourth-order valence-corrected chi connectivity index (χ4v) is 1.69. The third-order valence-electron chi connectivity index (χ3n) is 2.48. The van der Waals surface area contributed by atoms with Crippen LogP contribution in [0.25, 0.3) is 0 Å². The smallest absolute Gasteiger partial charge is 0.252 e. The van der Waals surface area contributed by atoms with Crippen molar-refractivity contribution in [1.82, 2.24) is 15.5 Å². The molecular weight excluding hydrogens is 246 g/mol. The van der Waals surface area contributed by atoms with Crippen LogP contribution in [-0.2, 0) is 22.7 Å². The zero-order valence-corrected chi connectivity index (χ0v) is 10.7. The SMILES string of the molecule is COCc1nc(COC2CCCNC2)no1.Cl. The van der Waals surface area contributed by atoms with Gasteiger partial charge in [-0.3, -0.25) is 0 Å². The van der Waals surface area contributed by atoms with Gasteiger partial charge in [-0.25, -0.2) is 0 Å². The highest BCUT2D eigenvalue weighted by atomic mass is 35.5. The molecule has 2 rings (SSSR count). The summed E-state index contributed by atoms with van der Waals surface area (Å²) in [5, 5.41) is 7.10. The molecular formula is C10H18ClN3O3. The van der Waals surface area contributed by atoms with Gasteiger partial charge < -0.3 is 19.3 Å². The van der Waals surface area contributed by atoms with Crippen LogP contribution in [-0.4, -0.2) is 36.4 Å². The fraction of sp³-hybridized carbons (Fsp3) is 0.800. The van der Waals surface area contributed by atoms with Gasteiger partial charge >= 0.3 is 0 Å². The van der Waals surface area contributed by atoms with Crippen molar-refractivity contribution >= 4 is 12.4 Å². The third kappa shape index (κ3) is 4.59. The first kappa shape index (κ1) is 14.4. The van der Waals surface area contributed by atoms with Crippen molar-refractivity contribution in [1.29, 1.82) is 0 Å². The van der Waals surface area contributed by atoms with Crippen molar-refractivity contribution in [3.05, 3.63) is 11.7 Å². The van der Waals surface area contributed by atoms with Crippen molar-refractivity contribution < 1.29 is 14.0 Å². The molecule has 0 bridgehead atoms. The van der Waals surface area contributed by atoms with Crippen molar-refractivity contribution in [2.45, 2.75) is 32.2 Å². The molecule has 98 valence electrons. The Bertz CT molecular complexity index is 315. The average molecular weight is 264 g/mol. The van der Waals surface area contributed by atoms with E-state index in [4.69, 9.17) is 14.0 Å². The molecule has 6 nitrogen and oxygen atoms in total. The summed E-state index contributed by atoms with van der Waals surface area (Å²) in [5.41, 5.74) is 0. The van der Waals surface area contributed by atoms with Crippen molar-refractivity contribution in [3.63, 3.8) is 0 Å². The number of halogens is 1. The minimum absolute atomic E-state index is 0. The third-order valence-corrected chi connectivity index (χ3v) is 2.48. The first-order chi connectivity index (χ1) is 7.88. The van der Waals surface area contributed by atoms with Gasteiger partial charge in [0.1, 0.15) is 13.2 Å². The monoisotopic (exact) mass is 263 g/mol. The largest absolute Gasteiger partial charge is 0.375 e. The standard InChI is InChI=1S/C10H17N3O3.ClH/c1-14-7-10-12-9(13-16-10)6-15-8-3-2-4-11-5-8;/h8,11H,2-7H2,1H3;1H. The minimum atomic E-state index is 0. The van der Waals surface area contributed by atoms with E-state index >= 15 is 0 Å². The number of aromatic nitrogens is 2. The Balaban J connectivity index is 0.00000144. The Hall–Kier alpha value is -0.690. The molecule has 2 heterocycles. The number of methoxy groups -OCH3 is 1. The Morgan fingerprint density at radius 1 is 1.47 bits per heavy atom. The summed E-state index contributed by atoms with van der Waals surface area (Å²) in [6, 6.07) is 0. The van der Waals surface area contributed by atoms with E-state index in [-0.39, 0.29) is 18.5 Å². The van der Waals surface area contributed by atoms with Crippen LogP contribution in [0.5, 0.6) is 0 Å². The van der Waals surface area contributed by atoms with Gasteiger partial charge in [-0.2, -0.15) is 4.98 Å². The van der Waals surface area contributed by atoms with Crippen LogP contribution >= 0.6 is 12.4 Å². The van der Waals surface area contributed by atoms with Gasteiger partial charge in [0.25, 0.3) is 5.89 Å². The van der Waals surface area contributed by atoms with E-state index in [1.807, 2.05) is 0 Å². The number of rotatable bonds is 5. The molecule has 0 radical (unpaired) electrons. The number of hydrogen-bond acceptors (Lipinski definition) is 6. The molecule has 0 aromatic carbocycles. The van der Waals surface area contributed by atoms with Crippen LogP contribution in [0.15, 0.2) is 4.52 Å². The summed E-state index contributed by atoms with van der Waals surface area (Å²) in [6.07, 6.45) is 2.51. The quantitative estimate of drug-likeness (QED) is 0.852. The zero-order valence-electron chi connectivity index (χ0n) is 9.85. The average Bonchev–Trinajstić information content (AvgIpc) is 2.76. The van der Waals surface area contributed by atoms with Crippen LogP contribution in [0, 0.1) is 0 Å². The van der Waals surface area contributed by atoms with Crippen LogP contribution in [0.3, 0.4) is 0 Å². The maximum Gasteiger partial charge on any atom is 0.252 e. The van der Waals surface area contributed by atoms with E-state index in [1.54, 1.807) is 7.11 Å². The number of hydrogen-bond donors (Lipinski definition) is 1. The molecule has 1 fully saturated rings. The molecule has 1 N–H and O–H groups in total. The summed E-state index contributed by atoms with van der Waals surface area (Å²) in [6.45, 7) is 2.74. The molecule has 0 saturated carbocycles. The van der Waals surface area contributed by atoms with Crippen LogP contribution in [0.4, 0.5) is 0 Å². The normalized spacial score (nSPS) is 19.9. The Morgan fingerprint density at radius 3 is 3.06 bits per heavy atom. The lowest BCUT2D eigenvalue weighted by Crippen LogP contribution is -2.35. The highest BCUT2D eigenvalue weighted by Gasteiger charge is 2.14. The summed E-state index contributed by atoms with van der Waals surface area (Å²) in [7, 11) is 1.59. The van der Waals surface area contributed by atoms with Crippen molar-refractivity contribution in [2.75, 3.05) is 20.2 Å². The first-order valence-electron chi connectivity index (χ1n) is 5.51. The van der Waals surface area contributed by atoms with Gasteiger partial charge in [-0.1, -0.05) is 5.16 Å². The molecule has 0 spiro atoms. The summed E-state index contributed by atoms with van der Waals surface area (Å²) in [4.78, 5) is 4.14. The van der Waals surface area contributed by atoms with Crippen molar-refractivity contribution in [2.24, 2.45) is 0 Å². The van der Waals surface area contributed by atoms with E-state index in [0.29, 0.717) is 24.9 Å². The molecule has 1 unspecified atom stereocenters. The molecule has 1 aromatic heterocycles. The second-order valence-electron chi connectivity index (χ2n) is 3.82. The molecule has 1 aliphatic heterocycles. The number of ether oxygens (including phenoxy) is 2. The molecule has 1 aromatic rings. The second kappa shape index (κ2) is 7.60. The summed E-state index contributed by atoms with van der Waals surface area (Å²) in [5.74, 6) is 1.07. The predicted molar refractivity (Wildman–Crippen MR) is 62.9 cm³/mol. The number of piperidine rings is 1. The second-order valence-corrected chi connectivity index (χ2v) is 3.82. The van der Waals surface area contributed by atoms with Gasteiger partial charge in [0, 0.05) is 13.7 Å². The number of nitrogens with one attached hydrogen (secondary N) is 1. The van der Waals surface area contributed by atoms with Gasteiger partial charge in [-0.05, 0) is 19.4 Å². The van der Waals surface area contributed by atoms with Crippen LogP contribution in [0.2, 0.25) is 0 Å². The number of nitrogens with zero attached hydrogens (tertiary/aromatic N) is 2. The van der Waals surface area contributed by atoms with Crippen LogP contribution < -0.4 is 5.32 Å². The minimum Gasteiger partial charge on any atom is -0.375 e. The van der Waals surface area contributed by atoms with Gasteiger partial charge in [-0.15, -0.1) is 12.4 Å². The van der Waals surface area contributed by atoms with Crippen LogP contribution in [0.1, 0.15) is 24.6 Å². The van der Waals surface area contributed by atoms with Gasteiger partial charge in [0.15, 0.2) is 5.82 Å². The maximum absolute atomic E-state index is 5.67. The lowest BCUT2D eigenvalue weighted by atomic mass is 10.1. The topological polar surface area (TPSA) is 69.4 Å². The molecule has 1 atom stereocenters. The van der Waals surface area contributed by atoms with E-state index in [0.717, 1.165) is 25.9 Å². The first-order valence-corrected chi connectivity index (χ1v) is 5.51. The molecule has 7 heteroatoms. The fourth-order valence-electron chi connectivity index (χ4n) is 1.69. The summed E-state index contributed by atoms with van der Waals surface area (Å²) < 4.78 is 15.5. The molecule has 1 aliphatic rings. The molecule has 1 saturated heterocycles. The van der Waals surface area contributed by atoms with Gasteiger partial charge in [0.05, 0.1) is 6.10 Å². The van der Waals surface area contributed by atoms with E-state index in [9.17, 15) is 0 Å². The lowest BCUT2D eigenvalue weighted by Gasteiger charge is -2.22. The highest BCUT2D eigenvalue weighted by Crippen LogP contribution is 2.08. The Kier molecular flexibility index (Phi) is 6.43. The Labute approximate surface area is 106 Å². The van der Waals surface area contributed by atoms with E-state index < -0.39 is 0 Å². The van der Waals surface area contributed by atoms with Gasteiger partial charge in [0.2, 0.25) is 0 Å². The maximum atomic E-state index is 5.67. The molecule has 0 amide bonds. The highest BCUT2D eigenvalue weighted by molar-refractivity contribution is 5.85. The summed E-state index contributed by atoms with van der Waals surface area (Å²) >= 11 is 0. The lowest BCUT2D eigenvalue weighted by molar-refractivity contribution is 0.0210.